The molecule has 0 fully saturated rings. The Kier molecular flexibility index (Phi) is 3.15. The molecule has 1 aromatic carbocycles. The average Bonchev–Trinajstić information content (AvgIpc) is 2.45. The number of nitrogen functional groups attached to an aromatic ring is 1. The van der Waals surface area contributed by atoms with Gasteiger partial charge in [-0.2, -0.15) is 5.26 Å². The molecule has 0 amide bonds. The van der Waals surface area contributed by atoms with Crippen molar-refractivity contribution in [3.63, 3.8) is 0 Å². The van der Waals surface area contributed by atoms with Gasteiger partial charge in [-0.3, -0.25) is 0 Å². The van der Waals surface area contributed by atoms with Gasteiger partial charge in [0.2, 0.25) is 0 Å². The fourth-order valence-electron chi connectivity index (χ4n) is 2.99. The van der Waals surface area contributed by atoms with E-state index in [0.717, 1.165) is 42.5 Å². The van der Waals surface area contributed by atoms with E-state index >= 15 is 0 Å². The van der Waals surface area contributed by atoms with Crippen molar-refractivity contribution in [3.8, 4) is 17.2 Å². The van der Waals surface area contributed by atoms with Gasteiger partial charge in [-0.15, -0.1) is 0 Å². The van der Waals surface area contributed by atoms with E-state index in [4.69, 9.17) is 5.73 Å². The highest BCUT2D eigenvalue weighted by molar-refractivity contribution is 5.79. The molecule has 1 heterocycles. The molecule has 0 unspecified atom stereocenters. The number of hydrogen-bond acceptors (Lipinski definition) is 3. The van der Waals surface area contributed by atoms with Crippen molar-refractivity contribution in [3.05, 3.63) is 46.6 Å². The molecule has 0 radical (unpaired) electrons. The van der Waals surface area contributed by atoms with Gasteiger partial charge < -0.3 is 5.73 Å². The maximum absolute atomic E-state index is 9.46. The zero-order valence-electron chi connectivity index (χ0n) is 11.6. The lowest BCUT2D eigenvalue weighted by molar-refractivity contribution is 0.670. The molecular formula is C17H17N3. The largest absolute Gasteiger partial charge is 0.383 e. The monoisotopic (exact) mass is 263 g/mol. The predicted molar refractivity (Wildman–Crippen MR) is 80.2 cm³/mol. The Morgan fingerprint density at radius 1 is 1.25 bits per heavy atom. The molecule has 2 N–H and O–H groups in total. The summed E-state index contributed by atoms with van der Waals surface area (Å²) in [6.45, 7) is 2.06. The molecule has 0 saturated carbocycles. The molecule has 100 valence electrons. The minimum Gasteiger partial charge on any atom is -0.383 e. The number of aryl methyl sites for hydroxylation is 2. The van der Waals surface area contributed by atoms with Crippen molar-refractivity contribution in [1.82, 2.24) is 4.98 Å². The van der Waals surface area contributed by atoms with Crippen LogP contribution in [0, 0.1) is 18.3 Å². The molecule has 0 bridgehead atoms. The molecule has 3 nitrogen and oxygen atoms in total. The second-order valence-corrected chi connectivity index (χ2v) is 5.36. The molecule has 1 aromatic heterocycles. The number of nitriles is 1. The molecule has 3 heteroatoms. The average molecular weight is 263 g/mol. The van der Waals surface area contributed by atoms with Gasteiger partial charge in [-0.05, 0) is 43.7 Å². The van der Waals surface area contributed by atoms with E-state index < -0.39 is 0 Å². The molecular weight excluding hydrogens is 246 g/mol. The Hall–Kier alpha value is -2.34. The first-order valence-electron chi connectivity index (χ1n) is 6.99. The minimum absolute atomic E-state index is 0.365. The second kappa shape index (κ2) is 4.97. The van der Waals surface area contributed by atoms with Crippen LogP contribution in [-0.2, 0) is 12.8 Å². The first kappa shape index (κ1) is 12.7. The van der Waals surface area contributed by atoms with Crippen molar-refractivity contribution >= 4 is 5.82 Å². The Morgan fingerprint density at radius 2 is 2.05 bits per heavy atom. The maximum Gasteiger partial charge on any atom is 0.142 e. The highest BCUT2D eigenvalue weighted by atomic mass is 14.9. The summed E-state index contributed by atoms with van der Waals surface area (Å²) in [5.74, 6) is 0.365. The number of rotatable bonds is 1. The smallest absolute Gasteiger partial charge is 0.142 e. The highest BCUT2D eigenvalue weighted by Gasteiger charge is 2.21. The minimum atomic E-state index is 0.365. The van der Waals surface area contributed by atoms with Crippen LogP contribution in [-0.4, -0.2) is 4.98 Å². The van der Waals surface area contributed by atoms with E-state index in [1.165, 1.54) is 11.1 Å². The summed E-state index contributed by atoms with van der Waals surface area (Å²) in [5.41, 5.74) is 12.1. The van der Waals surface area contributed by atoms with Crippen LogP contribution < -0.4 is 5.73 Å². The van der Waals surface area contributed by atoms with Gasteiger partial charge in [-0.1, -0.05) is 29.8 Å². The lowest BCUT2D eigenvalue weighted by Crippen LogP contribution is -2.11. The summed E-state index contributed by atoms with van der Waals surface area (Å²) in [5, 5.41) is 9.46. The van der Waals surface area contributed by atoms with Crippen molar-refractivity contribution in [2.75, 3.05) is 5.73 Å². The number of nitrogens with zero attached hydrogens (tertiary/aromatic N) is 2. The molecule has 0 spiro atoms. The van der Waals surface area contributed by atoms with Gasteiger partial charge in [0.1, 0.15) is 17.5 Å². The summed E-state index contributed by atoms with van der Waals surface area (Å²) >= 11 is 0. The quantitative estimate of drug-likeness (QED) is 0.857. The number of pyridine rings is 1. The van der Waals surface area contributed by atoms with Crippen molar-refractivity contribution in [2.24, 2.45) is 0 Å². The van der Waals surface area contributed by atoms with Gasteiger partial charge in [0.05, 0.1) is 0 Å². The van der Waals surface area contributed by atoms with E-state index in [1.54, 1.807) is 0 Å². The number of aromatic nitrogens is 1. The van der Waals surface area contributed by atoms with Crippen LogP contribution in [0.4, 0.5) is 5.82 Å². The zero-order chi connectivity index (χ0) is 14.1. The van der Waals surface area contributed by atoms with Gasteiger partial charge in [-0.25, -0.2) is 4.98 Å². The molecule has 0 atom stereocenters. The van der Waals surface area contributed by atoms with E-state index in [2.05, 4.69) is 36.2 Å². The SMILES string of the molecule is Cc1cccc(-c2c(C#N)c(N)nc3c2CCCC3)c1. The molecule has 0 saturated heterocycles. The fourth-order valence-corrected chi connectivity index (χ4v) is 2.99. The summed E-state index contributed by atoms with van der Waals surface area (Å²) in [4.78, 5) is 4.45. The molecule has 20 heavy (non-hydrogen) atoms. The fraction of sp³-hybridized carbons (Fsp3) is 0.294. The lowest BCUT2D eigenvalue weighted by Gasteiger charge is -2.21. The molecule has 1 aliphatic rings. The first-order chi connectivity index (χ1) is 9.70. The van der Waals surface area contributed by atoms with Crippen LogP contribution in [0.5, 0.6) is 0 Å². The second-order valence-electron chi connectivity index (χ2n) is 5.36. The van der Waals surface area contributed by atoms with Gasteiger partial charge in [0.15, 0.2) is 0 Å². The summed E-state index contributed by atoms with van der Waals surface area (Å²) in [6, 6.07) is 10.5. The van der Waals surface area contributed by atoms with E-state index in [-0.39, 0.29) is 0 Å². The predicted octanol–water partition coefficient (Wildman–Crippen LogP) is 3.39. The van der Waals surface area contributed by atoms with Crippen LogP contribution >= 0.6 is 0 Å². The highest BCUT2D eigenvalue weighted by Crippen LogP contribution is 2.35. The topological polar surface area (TPSA) is 62.7 Å². The van der Waals surface area contributed by atoms with Crippen molar-refractivity contribution in [2.45, 2.75) is 32.6 Å². The Balaban J connectivity index is 2.32. The van der Waals surface area contributed by atoms with Crippen LogP contribution in [0.1, 0.15) is 35.2 Å². The maximum atomic E-state index is 9.46. The third-order valence-electron chi connectivity index (χ3n) is 3.92. The number of anilines is 1. The van der Waals surface area contributed by atoms with E-state index in [1.807, 2.05) is 6.07 Å². The normalized spacial score (nSPS) is 13.6. The number of hydrogen-bond donors (Lipinski definition) is 1. The molecule has 1 aliphatic carbocycles. The Labute approximate surface area is 119 Å². The third-order valence-corrected chi connectivity index (χ3v) is 3.92. The van der Waals surface area contributed by atoms with Gasteiger partial charge in [0, 0.05) is 11.3 Å². The lowest BCUT2D eigenvalue weighted by atomic mass is 9.86. The van der Waals surface area contributed by atoms with Crippen molar-refractivity contribution in [1.29, 1.82) is 5.26 Å². The van der Waals surface area contributed by atoms with Gasteiger partial charge in [0.25, 0.3) is 0 Å². The van der Waals surface area contributed by atoms with Crippen LogP contribution in [0.2, 0.25) is 0 Å². The van der Waals surface area contributed by atoms with E-state index in [9.17, 15) is 5.26 Å². The Morgan fingerprint density at radius 3 is 2.80 bits per heavy atom. The number of nitrogens with two attached hydrogens (primary N) is 1. The van der Waals surface area contributed by atoms with Crippen LogP contribution in [0.3, 0.4) is 0 Å². The van der Waals surface area contributed by atoms with Crippen LogP contribution in [0.25, 0.3) is 11.1 Å². The molecule has 2 aromatic rings. The van der Waals surface area contributed by atoms with Gasteiger partial charge >= 0.3 is 0 Å². The number of benzene rings is 1. The Bertz CT molecular complexity index is 711. The standard InChI is InChI=1S/C17H17N3/c1-11-5-4-6-12(9-11)16-13-7-2-3-8-15(13)20-17(19)14(16)10-18/h4-6,9H,2-3,7-8H2,1H3,(H2,19,20). The van der Waals surface area contributed by atoms with Crippen LogP contribution in [0.15, 0.2) is 24.3 Å². The number of fused-ring (bicyclic) bond motifs is 1. The first-order valence-corrected chi connectivity index (χ1v) is 6.99. The molecule has 0 aliphatic heterocycles. The summed E-state index contributed by atoms with van der Waals surface area (Å²) in [7, 11) is 0. The van der Waals surface area contributed by atoms with Crippen molar-refractivity contribution < 1.29 is 0 Å². The third kappa shape index (κ3) is 2.04. The van der Waals surface area contributed by atoms with E-state index in [0.29, 0.717) is 11.4 Å². The molecule has 3 rings (SSSR count). The summed E-state index contributed by atoms with van der Waals surface area (Å²) in [6.07, 6.45) is 4.26. The zero-order valence-corrected chi connectivity index (χ0v) is 11.6. The summed E-state index contributed by atoms with van der Waals surface area (Å²) < 4.78 is 0.